The number of urea groups is 1. The van der Waals surface area contributed by atoms with E-state index in [0.717, 1.165) is 0 Å². The number of anilines is 1. The zero-order chi connectivity index (χ0) is 13.7. The zero-order valence-corrected chi connectivity index (χ0v) is 10.5. The van der Waals surface area contributed by atoms with Crippen LogP contribution in [0.1, 0.15) is 15.2 Å². The van der Waals surface area contributed by atoms with Crippen LogP contribution in [0.5, 0.6) is 0 Å². The Morgan fingerprint density at radius 1 is 1.16 bits per heavy atom. The number of benzene rings is 1. The summed E-state index contributed by atoms with van der Waals surface area (Å²) in [5.74, 6) is -0.470. The maximum absolute atomic E-state index is 11.6. The second-order valence-corrected chi connectivity index (χ2v) is 4.49. The monoisotopic (exact) mass is 271 g/mol. The molecule has 3 amide bonds. The van der Waals surface area contributed by atoms with Crippen molar-refractivity contribution in [2.45, 2.75) is 0 Å². The van der Waals surface area contributed by atoms with Crippen molar-refractivity contribution in [2.24, 2.45) is 0 Å². The highest BCUT2D eigenvalue weighted by Gasteiger charge is 2.12. The summed E-state index contributed by atoms with van der Waals surface area (Å²) in [5, 5.41) is 15.3. The number of para-hydroxylation sites is 1. The van der Waals surface area contributed by atoms with E-state index in [9.17, 15) is 9.59 Å². The number of rotatable bonds is 2. The molecular weight excluding hydrogens is 262 g/mol. The van der Waals surface area contributed by atoms with Crippen LogP contribution in [0.2, 0.25) is 0 Å². The van der Waals surface area contributed by atoms with E-state index in [2.05, 4.69) is 10.6 Å². The second-order valence-electron chi connectivity index (χ2n) is 3.54. The van der Waals surface area contributed by atoms with Crippen molar-refractivity contribution in [3.63, 3.8) is 0 Å². The first-order valence-electron chi connectivity index (χ1n) is 5.35. The molecule has 0 aliphatic rings. The van der Waals surface area contributed by atoms with Gasteiger partial charge in [-0.2, -0.15) is 5.26 Å². The molecule has 0 unspecified atom stereocenters. The number of nitrogens with one attached hydrogen (secondary N) is 2. The quantitative estimate of drug-likeness (QED) is 0.880. The summed E-state index contributed by atoms with van der Waals surface area (Å²) in [6.07, 6.45) is 0. The number of carbonyl (C=O) groups is 2. The molecule has 0 aliphatic heterocycles. The van der Waals surface area contributed by atoms with E-state index >= 15 is 0 Å². The molecule has 0 bridgehead atoms. The number of nitriles is 1. The second kappa shape index (κ2) is 5.80. The van der Waals surface area contributed by atoms with Crippen LogP contribution in [0.15, 0.2) is 41.8 Å². The number of hydrogen-bond donors (Lipinski definition) is 2. The summed E-state index contributed by atoms with van der Waals surface area (Å²) >= 11 is 1.24. The van der Waals surface area contributed by atoms with Crippen LogP contribution in [0.4, 0.5) is 10.5 Å². The van der Waals surface area contributed by atoms with E-state index in [1.54, 1.807) is 41.8 Å². The Morgan fingerprint density at radius 2 is 1.95 bits per heavy atom. The van der Waals surface area contributed by atoms with Gasteiger partial charge in [0.2, 0.25) is 0 Å². The van der Waals surface area contributed by atoms with Gasteiger partial charge < -0.3 is 5.32 Å². The van der Waals surface area contributed by atoms with Gasteiger partial charge in [0.1, 0.15) is 6.07 Å². The SMILES string of the molecule is N#Cc1ccccc1NC(=O)NC(=O)c1cccs1. The summed E-state index contributed by atoms with van der Waals surface area (Å²) in [6, 6.07) is 11.2. The third-order valence-corrected chi connectivity index (χ3v) is 3.14. The Hall–Kier alpha value is -2.65. The van der Waals surface area contributed by atoms with Crippen molar-refractivity contribution in [1.82, 2.24) is 5.32 Å². The fraction of sp³-hybridized carbons (Fsp3) is 0. The average molecular weight is 271 g/mol. The van der Waals surface area contributed by atoms with E-state index in [1.165, 1.54) is 11.3 Å². The number of thiophene rings is 1. The Bertz CT molecular complexity index is 644. The van der Waals surface area contributed by atoms with Gasteiger partial charge in [-0.1, -0.05) is 18.2 Å². The lowest BCUT2D eigenvalue weighted by Crippen LogP contribution is -2.34. The Labute approximate surface area is 113 Å². The van der Waals surface area contributed by atoms with E-state index in [-0.39, 0.29) is 0 Å². The lowest BCUT2D eigenvalue weighted by molar-refractivity contribution is 0.0971. The smallest absolute Gasteiger partial charge is 0.306 e. The fourth-order valence-corrected chi connectivity index (χ4v) is 2.03. The minimum absolute atomic E-state index is 0.334. The van der Waals surface area contributed by atoms with Gasteiger partial charge >= 0.3 is 6.03 Å². The third-order valence-electron chi connectivity index (χ3n) is 2.27. The first-order chi connectivity index (χ1) is 9.20. The van der Waals surface area contributed by atoms with Gasteiger partial charge in [0.15, 0.2) is 0 Å². The van der Waals surface area contributed by atoms with Gasteiger partial charge in [0.05, 0.1) is 16.1 Å². The van der Waals surface area contributed by atoms with Crippen LogP contribution >= 0.6 is 11.3 Å². The number of carbonyl (C=O) groups excluding carboxylic acids is 2. The van der Waals surface area contributed by atoms with Gasteiger partial charge in [-0.25, -0.2) is 4.79 Å². The van der Waals surface area contributed by atoms with Crippen molar-refractivity contribution in [2.75, 3.05) is 5.32 Å². The topological polar surface area (TPSA) is 82.0 Å². The predicted molar refractivity (Wildman–Crippen MR) is 72.0 cm³/mol. The minimum atomic E-state index is -0.666. The van der Waals surface area contributed by atoms with Gasteiger partial charge in [-0.15, -0.1) is 11.3 Å². The maximum Gasteiger partial charge on any atom is 0.326 e. The van der Waals surface area contributed by atoms with Crippen molar-refractivity contribution in [1.29, 1.82) is 5.26 Å². The van der Waals surface area contributed by atoms with E-state index < -0.39 is 11.9 Å². The molecule has 0 fully saturated rings. The molecule has 0 saturated carbocycles. The lowest BCUT2D eigenvalue weighted by Gasteiger charge is -2.06. The minimum Gasteiger partial charge on any atom is -0.306 e. The normalized spacial score (nSPS) is 9.42. The van der Waals surface area contributed by atoms with Gasteiger partial charge in [0.25, 0.3) is 5.91 Å². The average Bonchev–Trinajstić information content (AvgIpc) is 2.93. The molecule has 94 valence electrons. The van der Waals surface area contributed by atoms with Crippen molar-refractivity contribution >= 4 is 29.0 Å². The fourth-order valence-electron chi connectivity index (χ4n) is 1.42. The Morgan fingerprint density at radius 3 is 2.63 bits per heavy atom. The molecule has 0 atom stereocenters. The van der Waals surface area contributed by atoms with Crippen LogP contribution in [0, 0.1) is 11.3 Å². The Balaban J connectivity index is 2.02. The molecule has 2 rings (SSSR count). The van der Waals surface area contributed by atoms with Crippen LogP contribution < -0.4 is 10.6 Å². The molecule has 0 spiro atoms. The summed E-state index contributed by atoms with van der Waals surface area (Å²) in [6.45, 7) is 0. The van der Waals surface area contributed by atoms with Crippen LogP contribution in [-0.2, 0) is 0 Å². The van der Waals surface area contributed by atoms with Crippen LogP contribution in [0.3, 0.4) is 0 Å². The summed E-state index contributed by atoms with van der Waals surface area (Å²) in [5.41, 5.74) is 0.697. The number of amides is 3. The highest BCUT2D eigenvalue weighted by molar-refractivity contribution is 7.12. The molecule has 0 aliphatic carbocycles. The first kappa shape index (κ1) is 12.8. The first-order valence-corrected chi connectivity index (χ1v) is 6.23. The number of imide groups is 1. The molecule has 1 heterocycles. The van der Waals surface area contributed by atoms with Crippen LogP contribution in [-0.4, -0.2) is 11.9 Å². The zero-order valence-electron chi connectivity index (χ0n) is 9.71. The van der Waals surface area contributed by atoms with Crippen LogP contribution in [0.25, 0.3) is 0 Å². The number of hydrogen-bond acceptors (Lipinski definition) is 4. The lowest BCUT2D eigenvalue weighted by atomic mass is 10.2. The van der Waals surface area contributed by atoms with Crippen molar-refractivity contribution in [3.8, 4) is 6.07 Å². The van der Waals surface area contributed by atoms with Gasteiger partial charge in [0, 0.05) is 0 Å². The van der Waals surface area contributed by atoms with Crippen molar-refractivity contribution < 1.29 is 9.59 Å². The Kier molecular flexibility index (Phi) is 3.90. The van der Waals surface area contributed by atoms with Crippen molar-refractivity contribution in [3.05, 3.63) is 52.2 Å². The molecule has 0 saturated heterocycles. The third kappa shape index (κ3) is 3.18. The largest absolute Gasteiger partial charge is 0.326 e. The number of nitrogens with zero attached hydrogens (tertiary/aromatic N) is 1. The molecule has 1 aromatic carbocycles. The summed E-state index contributed by atoms with van der Waals surface area (Å²) < 4.78 is 0. The molecule has 2 N–H and O–H groups in total. The molecule has 6 heteroatoms. The molecule has 5 nitrogen and oxygen atoms in total. The standard InChI is InChI=1S/C13H9N3O2S/c14-8-9-4-1-2-5-10(9)15-13(18)16-12(17)11-6-3-7-19-11/h1-7H,(H2,15,16,17,18). The molecular formula is C13H9N3O2S. The highest BCUT2D eigenvalue weighted by Crippen LogP contribution is 2.13. The predicted octanol–water partition coefficient (Wildman–Crippen LogP) is 2.58. The van der Waals surface area contributed by atoms with Gasteiger partial charge in [-0.05, 0) is 23.6 Å². The highest BCUT2D eigenvalue weighted by atomic mass is 32.1. The maximum atomic E-state index is 11.6. The summed E-state index contributed by atoms with van der Waals surface area (Å²) in [7, 11) is 0. The van der Waals surface area contributed by atoms with E-state index in [1.807, 2.05) is 6.07 Å². The summed E-state index contributed by atoms with van der Waals surface area (Å²) in [4.78, 5) is 23.7. The van der Waals surface area contributed by atoms with Gasteiger partial charge in [-0.3, -0.25) is 10.1 Å². The van der Waals surface area contributed by atoms with E-state index in [4.69, 9.17) is 5.26 Å². The molecule has 1 aromatic heterocycles. The van der Waals surface area contributed by atoms with E-state index in [0.29, 0.717) is 16.1 Å². The molecule has 19 heavy (non-hydrogen) atoms. The molecule has 0 radical (unpaired) electrons. The molecule has 2 aromatic rings.